The van der Waals surface area contributed by atoms with Crippen molar-refractivity contribution in [1.82, 2.24) is 5.32 Å². The van der Waals surface area contributed by atoms with Gasteiger partial charge in [-0.15, -0.1) is 0 Å². The first kappa shape index (κ1) is 15.7. The van der Waals surface area contributed by atoms with Crippen LogP contribution >= 0.6 is 23.2 Å². The summed E-state index contributed by atoms with van der Waals surface area (Å²) in [5, 5.41) is 4.05. The standard InChI is InChI=1S/C16H15Cl2NO2/c1-11(21-14-8-6-13(17)7-9-14)16(20)19-10-12-4-2-3-5-15(12)18/h2-9,11H,10H2,1H3,(H,19,20)/t11-/m0/s1. The fourth-order valence-corrected chi connectivity index (χ4v) is 2.07. The number of amides is 1. The van der Waals surface area contributed by atoms with Crippen molar-refractivity contribution < 1.29 is 9.53 Å². The molecule has 0 radical (unpaired) electrons. The highest BCUT2D eigenvalue weighted by molar-refractivity contribution is 6.31. The molecule has 1 amide bonds. The van der Waals surface area contributed by atoms with Gasteiger partial charge >= 0.3 is 0 Å². The first-order chi connectivity index (χ1) is 10.1. The molecule has 0 bridgehead atoms. The molecule has 5 heteroatoms. The van der Waals surface area contributed by atoms with Crippen molar-refractivity contribution >= 4 is 29.1 Å². The zero-order valence-corrected chi connectivity index (χ0v) is 13.0. The molecule has 110 valence electrons. The van der Waals surface area contributed by atoms with Crippen LogP contribution in [0.5, 0.6) is 5.75 Å². The Balaban J connectivity index is 1.88. The van der Waals surface area contributed by atoms with Crippen LogP contribution in [0.3, 0.4) is 0 Å². The number of rotatable bonds is 5. The van der Waals surface area contributed by atoms with Crippen LogP contribution in [-0.2, 0) is 11.3 Å². The molecule has 0 unspecified atom stereocenters. The number of hydrogen-bond donors (Lipinski definition) is 1. The Morgan fingerprint density at radius 2 is 1.81 bits per heavy atom. The van der Waals surface area contributed by atoms with Crippen LogP contribution in [0.25, 0.3) is 0 Å². The number of hydrogen-bond acceptors (Lipinski definition) is 2. The van der Waals surface area contributed by atoms with E-state index in [0.29, 0.717) is 22.3 Å². The Morgan fingerprint density at radius 1 is 1.14 bits per heavy atom. The van der Waals surface area contributed by atoms with Crippen molar-refractivity contribution in [3.63, 3.8) is 0 Å². The van der Waals surface area contributed by atoms with E-state index in [0.717, 1.165) is 5.56 Å². The maximum Gasteiger partial charge on any atom is 0.261 e. The molecular formula is C16H15Cl2NO2. The molecule has 0 aliphatic carbocycles. The van der Waals surface area contributed by atoms with E-state index in [1.54, 1.807) is 37.3 Å². The lowest BCUT2D eigenvalue weighted by Gasteiger charge is -2.15. The molecule has 21 heavy (non-hydrogen) atoms. The third-order valence-electron chi connectivity index (χ3n) is 2.91. The summed E-state index contributed by atoms with van der Waals surface area (Å²) in [6, 6.07) is 14.3. The highest BCUT2D eigenvalue weighted by atomic mass is 35.5. The first-order valence-corrected chi connectivity index (χ1v) is 7.25. The number of ether oxygens (including phenoxy) is 1. The molecule has 1 N–H and O–H groups in total. The average Bonchev–Trinajstić information content (AvgIpc) is 2.48. The van der Waals surface area contributed by atoms with Crippen LogP contribution in [0.15, 0.2) is 48.5 Å². The van der Waals surface area contributed by atoms with Crippen molar-refractivity contribution in [2.45, 2.75) is 19.6 Å². The van der Waals surface area contributed by atoms with Gasteiger partial charge in [-0.2, -0.15) is 0 Å². The van der Waals surface area contributed by atoms with Gasteiger partial charge in [0.05, 0.1) is 0 Å². The van der Waals surface area contributed by atoms with Gasteiger partial charge in [0.15, 0.2) is 6.10 Å². The number of halogens is 2. The van der Waals surface area contributed by atoms with Crippen LogP contribution in [0.1, 0.15) is 12.5 Å². The van der Waals surface area contributed by atoms with Gasteiger partial charge in [-0.25, -0.2) is 0 Å². The Labute approximate surface area is 133 Å². The van der Waals surface area contributed by atoms with Gasteiger partial charge in [0.1, 0.15) is 5.75 Å². The predicted octanol–water partition coefficient (Wildman–Crippen LogP) is 4.08. The molecule has 0 heterocycles. The van der Waals surface area contributed by atoms with Gasteiger partial charge in [0.2, 0.25) is 0 Å². The second kappa shape index (κ2) is 7.34. The van der Waals surface area contributed by atoms with E-state index in [1.165, 1.54) is 0 Å². The van der Waals surface area contributed by atoms with Crippen LogP contribution in [0, 0.1) is 0 Å². The molecule has 0 aliphatic heterocycles. The topological polar surface area (TPSA) is 38.3 Å². The lowest BCUT2D eigenvalue weighted by atomic mass is 10.2. The minimum absolute atomic E-state index is 0.204. The van der Waals surface area contributed by atoms with Crippen molar-refractivity contribution in [1.29, 1.82) is 0 Å². The average molecular weight is 324 g/mol. The van der Waals surface area contributed by atoms with Gasteiger partial charge in [-0.05, 0) is 42.8 Å². The highest BCUT2D eigenvalue weighted by Gasteiger charge is 2.14. The van der Waals surface area contributed by atoms with Gasteiger partial charge in [-0.1, -0.05) is 41.4 Å². The number of benzene rings is 2. The third kappa shape index (κ3) is 4.66. The van der Waals surface area contributed by atoms with Crippen LogP contribution in [-0.4, -0.2) is 12.0 Å². The van der Waals surface area contributed by atoms with Crippen LogP contribution in [0.2, 0.25) is 10.0 Å². The Kier molecular flexibility index (Phi) is 5.48. The van der Waals surface area contributed by atoms with Crippen molar-refractivity contribution in [3.8, 4) is 5.75 Å². The quantitative estimate of drug-likeness (QED) is 0.900. The summed E-state index contributed by atoms with van der Waals surface area (Å²) in [5.74, 6) is 0.393. The lowest BCUT2D eigenvalue weighted by Crippen LogP contribution is -2.35. The minimum atomic E-state index is -0.603. The third-order valence-corrected chi connectivity index (χ3v) is 3.53. The first-order valence-electron chi connectivity index (χ1n) is 6.49. The summed E-state index contributed by atoms with van der Waals surface area (Å²) < 4.78 is 5.55. The molecule has 2 aromatic rings. The van der Waals surface area contributed by atoms with Gasteiger partial charge < -0.3 is 10.1 Å². The van der Waals surface area contributed by atoms with Crippen molar-refractivity contribution in [3.05, 3.63) is 64.1 Å². The Bertz CT molecular complexity index is 614. The SMILES string of the molecule is C[C@H](Oc1ccc(Cl)cc1)C(=O)NCc1ccccc1Cl. The summed E-state index contributed by atoms with van der Waals surface area (Å²) >= 11 is 11.8. The number of carbonyl (C=O) groups is 1. The van der Waals surface area contributed by atoms with E-state index in [9.17, 15) is 4.79 Å². The molecule has 0 aromatic heterocycles. The zero-order chi connectivity index (χ0) is 15.2. The Hall–Kier alpha value is -1.71. The highest BCUT2D eigenvalue weighted by Crippen LogP contribution is 2.17. The molecule has 2 aromatic carbocycles. The van der Waals surface area contributed by atoms with E-state index >= 15 is 0 Å². The monoisotopic (exact) mass is 323 g/mol. The van der Waals surface area contributed by atoms with E-state index in [-0.39, 0.29) is 5.91 Å². The minimum Gasteiger partial charge on any atom is -0.481 e. The van der Waals surface area contributed by atoms with E-state index in [4.69, 9.17) is 27.9 Å². The van der Waals surface area contributed by atoms with E-state index in [2.05, 4.69) is 5.32 Å². The summed E-state index contributed by atoms with van der Waals surface area (Å²) in [6.07, 6.45) is -0.603. The predicted molar refractivity (Wildman–Crippen MR) is 84.8 cm³/mol. The molecule has 0 spiro atoms. The smallest absolute Gasteiger partial charge is 0.261 e. The number of nitrogens with one attached hydrogen (secondary N) is 1. The molecular weight excluding hydrogens is 309 g/mol. The van der Waals surface area contributed by atoms with E-state index in [1.807, 2.05) is 18.2 Å². The van der Waals surface area contributed by atoms with Gasteiger partial charge in [0, 0.05) is 16.6 Å². The summed E-state index contributed by atoms with van der Waals surface area (Å²) in [7, 11) is 0. The molecule has 3 nitrogen and oxygen atoms in total. The molecule has 2 rings (SSSR count). The van der Waals surface area contributed by atoms with Gasteiger partial charge in [0.25, 0.3) is 5.91 Å². The lowest BCUT2D eigenvalue weighted by molar-refractivity contribution is -0.127. The fraction of sp³-hybridized carbons (Fsp3) is 0.188. The largest absolute Gasteiger partial charge is 0.481 e. The van der Waals surface area contributed by atoms with Crippen LogP contribution in [0.4, 0.5) is 0 Å². The molecule has 1 atom stereocenters. The maximum absolute atomic E-state index is 12.0. The van der Waals surface area contributed by atoms with Crippen molar-refractivity contribution in [2.75, 3.05) is 0 Å². The normalized spacial score (nSPS) is 11.8. The van der Waals surface area contributed by atoms with Crippen LogP contribution < -0.4 is 10.1 Å². The summed E-state index contributed by atoms with van der Waals surface area (Å²) in [6.45, 7) is 2.06. The number of carbonyl (C=O) groups excluding carboxylic acids is 1. The van der Waals surface area contributed by atoms with Gasteiger partial charge in [-0.3, -0.25) is 4.79 Å². The second-order valence-electron chi connectivity index (χ2n) is 4.52. The van der Waals surface area contributed by atoms with E-state index < -0.39 is 6.10 Å². The summed E-state index contributed by atoms with van der Waals surface area (Å²) in [4.78, 5) is 12.0. The molecule has 0 saturated carbocycles. The molecule has 0 aliphatic rings. The second-order valence-corrected chi connectivity index (χ2v) is 5.37. The summed E-state index contributed by atoms with van der Waals surface area (Å²) in [5.41, 5.74) is 0.867. The molecule has 0 fully saturated rings. The maximum atomic E-state index is 12.0. The fourth-order valence-electron chi connectivity index (χ4n) is 1.74. The molecule has 0 saturated heterocycles. The van der Waals surface area contributed by atoms with Crippen molar-refractivity contribution in [2.24, 2.45) is 0 Å². The zero-order valence-electron chi connectivity index (χ0n) is 11.5. The Morgan fingerprint density at radius 3 is 2.48 bits per heavy atom.